The van der Waals surface area contributed by atoms with E-state index in [2.05, 4.69) is 22.9 Å². The van der Waals surface area contributed by atoms with Gasteiger partial charge in [0.15, 0.2) is 0 Å². The molecule has 2 bridgehead atoms. The number of para-hydroxylation sites is 1. The average molecular weight is 269 g/mol. The summed E-state index contributed by atoms with van der Waals surface area (Å²) in [6, 6.07) is 8.20. The van der Waals surface area contributed by atoms with Gasteiger partial charge in [0, 0.05) is 43.1 Å². The molecule has 4 nitrogen and oxygen atoms in total. The fraction of sp³-hybridized carbons (Fsp3) is 0.438. The van der Waals surface area contributed by atoms with Crippen molar-refractivity contribution in [3.05, 3.63) is 35.5 Å². The summed E-state index contributed by atoms with van der Waals surface area (Å²) in [5.74, 6) is 0.125. The van der Waals surface area contributed by atoms with Crippen LogP contribution in [0.25, 0.3) is 10.9 Å². The van der Waals surface area contributed by atoms with Gasteiger partial charge in [-0.3, -0.25) is 9.69 Å². The molecule has 1 aromatic heterocycles. The number of benzene rings is 1. The van der Waals surface area contributed by atoms with E-state index in [4.69, 9.17) is 0 Å². The van der Waals surface area contributed by atoms with E-state index < -0.39 is 0 Å². The molecular formula is C16H19N3O. The Balaban J connectivity index is 1.95. The van der Waals surface area contributed by atoms with E-state index >= 15 is 0 Å². The van der Waals surface area contributed by atoms with E-state index in [0.29, 0.717) is 0 Å². The second-order valence-electron chi connectivity index (χ2n) is 6.35. The van der Waals surface area contributed by atoms with E-state index in [1.165, 1.54) is 5.39 Å². The zero-order valence-electron chi connectivity index (χ0n) is 11.9. The summed E-state index contributed by atoms with van der Waals surface area (Å²) in [5.41, 5.74) is 2.95. The number of aromatic amines is 1. The summed E-state index contributed by atoms with van der Waals surface area (Å²) in [7, 11) is 1.94. The third-order valence-corrected chi connectivity index (χ3v) is 5.05. The van der Waals surface area contributed by atoms with Crippen LogP contribution in [0.4, 0.5) is 0 Å². The largest absolute Gasteiger partial charge is 0.350 e. The van der Waals surface area contributed by atoms with Crippen LogP contribution in [0.3, 0.4) is 0 Å². The third kappa shape index (κ3) is 1.48. The molecule has 2 aromatic rings. The number of rotatable bonds is 0. The van der Waals surface area contributed by atoms with E-state index in [1.54, 1.807) is 0 Å². The van der Waals surface area contributed by atoms with Crippen molar-refractivity contribution in [2.75, 3.05) is 20.1 Å². The van der Waals surface area contributed by atoms with Gasteiger partial charge >= 0.3 is 0 Å². The molecule has 0 radical (unpaired) electrons. The highest BCUT2D eigenvalue weighted by Crippen LogP contribution is 2.34. The zero-order chi connectivity index (χ0) is 13.9. The molecule has 4 rings (SSSR count). The number of hydrogen-bond donors (Lipinski definition) is 1. The van der Waals surface area contributed by atoms with Crippen LogP contribution >= 0.6 is 0 Å². The average Bonchev–Trinajstić information content (AvgIpc) is 3.00. The Morgan fingerprint density at radius 1 is 1.30 bits per heavy atom. The molecule has 0 saturated carbocycles. The van der Waals surface area contributed by atoms with Gasteiger partial charge in [-0.1, -0.05) is 18.2 Å². The topological polar surface area (TPSA) is 39.3 Å². The highest BCUT2D eigenvalue weighted by Gasteiger charge is 2.42. The van der Waals surface area contributed by atoms with Crippen molar-refractivity contribution in [1.29, 1.82) is 0 Å². The van der Waals surface area contributed by atoms with E-state index in [-0.39, 0.29) is 11.4 Å². The fourth-order valence-electron chi connectivity index (χ4n) is 3.63. The molecule has 0 aliphatic carbocycles. The number of nitrogens with zero attached hydrogens (tertiary/aromatic N) is 2. The van der Waals surface area contributed by atoms with Gasteiger partial charge in [0.1, 0.15) is 5.69 Å². The maximum atomic E-state index is 12.8. The number of fused-ring (bicyclic) bond motifs is 5. The predicted octanol–water partition coefficient (Wildman–Crippen LogP) is 2.22. The predicted molar refractivity (Wildman–Crippen MR) is 78.7 cm³/mol. The van der Waals surface area contributed by atoms with E-state index in [9.17, 15) is 4.79 Å². The highest BCUT2D eigenvalue weighted by atomic mass is 16.2. The number of H-pyrrole nitrogens is 1. The van der Waals surface area contributed by atoms with Gasteiger partial charge in [-0.2, -0.15) is 0 Å². The number of likely N-dealkylation sites (N-methyl/N-ethyl adjacent to an activating group) is 1. The first kappa shape index (κ1) is 12.0. The molecular weight excluding hydrogens is 250 g/mol. The quantitative estimate of drug-likeness (QED) is 0.796. The minimum absolute atomic E-state index is 0.0356. The molecule has 104 valence electrons. The first-order chi connectivity index (χ1) is 9.58. The Bertz CT molecular complexity index is 705. The van der Waals surface area contributed by atoms with Crippen LogP contribution in [0.2, 0.25) is 0 Å². The number of nitrogens with one attached hydrogen (secondary N) is 1. The lowest BCUT2D eigenvalue weighted by Gasteiger charge is -2.37. The monoisotopic (exact) mass is 269 g/mol. The van der Waals surface area contributed by atoms with Crippen LogP contribution in [0.15, 0.2) is 24.3 Å². The van der Waals surface area contributed by atoms with Gasteiger partial charge in [-0.15, -0.1) is 0 Å². The second kappa shape index (κ2) is 3.85. The molecule has 1 amide bonds. The lowest BCUT2D eigenvalue weighted by atomic mass is 9.97. The Labute approximate surface area is 118 Å². The van der Waals surface area contributed by atoms with Gasteiger partial charge in [-0.25, -0.2) is 0 Å². The lowest BCUT2D eigenvalue weighted by molar-refractivity contribution is 0.0585. The molecule has 3 heterocycles. The van der Waals surface area contributed by atoms with Crippen molar-refractivity contribution in [3.63, 3.8) is 0 Å². The Morgan fingerprint density at radius 3 is 2.95 bits per heavy atom. The van der Waals surface area contributed by atoms with Crippen molar-refractivity contribution in [2.45, 2.75) is 25.4 Å². The Kier molecular flexibility index (Phi) is 2.31. The first-order valence-electron chi connectivity index (χ1n) is 7.19. The van der Waals surface area contributed by atoms with Crippen molar-refractivity contribution in [3.8, 4) is 0 Å². The molecule has 2 aliphatic rings. The molecule has 1 saturated heterocycles. The third-order valence-electron chi connectivity index (χ3n) is 5.05. The molecule has 20 heavy (non-hydrogen) atoms. The van der Waals surface area contributed by atoms with Gasteiger partial charge in [-0.05, 0) is 19.4 Å². The van der Waals surface area contributed by atoms with Crippen LogP contribution in [0.1, 0.15) is 29.4 Å². The van der Waals surface area contributed by atoms with Crippen molar-refractivity contribution in [2.24, 2.45) is 0 Å². The molecule has 2 atom stereocenters. The van der Waals surface area contributed by atoms with Crippen LogP contribution in [-0.4, -0.2) is 46.4 Å². The molecule has 0 spiro atoms. The zero-order valence-corrected chi connectivity index (χ0v) is 11.9. The summed E-state index contributed by atoms with van der Waals surface area (Å²) in [5, 5.41) is 1.18. The summed E-state index contributed by atoms with van der Waals surface area (Å²) < 4.78 is 0. The minimum atomic E-state index is -0.0356. The van der Waals surface area contributed by atoms with Crippen molar-refractivity contribution >= 4 is 16.8 Å². The van der Waals surface area contributed by atoms with Gasteiger partial charge in [0.2, 0.25) is 0 Å². The van der Waals surface area contributed by atoms with Crippen LogP contribution in [0.5, 0.6) is 0 Å². The Hall–Kier alpha value is -1.81. The lowest BCUT2D eigenvalue weighted by Crippen LogP contribution is -2.50. The summed E-state index contributed by atoms with van der Waals surface area (Å²) in [6.45, 7) is 5.09. The minimum Gasteiger partial charge on any atom is -0.350 e. The highest BCUT2D eigenvalue weighted by molar-refractivity contribution is 6.01. The van der Waals surface area contributed by atoms with Crippen LogP contribution < -0.4 is 0 Å². The summed E-state index contributed by atoms with van der Waals surface area (Å²) >= 11 is 0. The number of aromatic nitrogens is 1. The van der Waals surface area contributed by atoms with Crippen LogP contribution in [-0.2, 0) is 6.54 Å². The maximum absolute atomic E-state index is 12.8. The molecule has 2 aliphatic heterocycles. The SMILES string of the molecule is CN1C(=O)c2[nH]c3ccccc3c2CN2CCC1(C)C2. The number of carbonyl (C=O) groups is 1. The smallest absolute Gasteiger partial charge is 0.270 e. The van der Waals surface area contributed by atoms with Gasteiger partial charge in [0.05, 0.1) is 5.54 Å². The second-order valence-corrected chi connectivity index (χ2v) is 6.35. The molecule has 2 unspecified atom stereocenters. The van der Waals surface area contributed by atoms with E-state index in [1.807, 2.05) is 30.1 Å². The first-order valence-corrected chi connectivity index (χ1v) is 7.19. The molecule has 1 N–H and O–H groups in total. The molecule has 4 heteroatoms. The number of amides is 1. The normalized spacial score (nSPS) is 29.4. The fourth-order valence-corrected chi connectivity index (χ4v) is 3.63. The number of carbonyl (C=O) groups excluding carboxylic acids is 1. The van der Waals surface area contributed by atoms with E-state index in [0.717, 1.165) is 42.8 Å². The maximum Gasteiger partial charge on any atom is 0.270 e. The molecule has 1 fully saturated rings. The number of hydrogen-bond acceptors (Lipinski definition) is 2. The standard InChI is InChI=1S/C16H19N3O/c1-16-7-8-19(10-16)9-12-11-5-3-4-6-13(11)17-14(12)15(20)18(16)2/h3-6,17H,7-10H2,1-2H3. The Morgan fingerprint density at radius 2 is 2.10 bits per heavy atom. The summed E-state index contributed by atoms with van der Waals surface area (Å²) in [4.78, 5) is 20.6. The van der Waals surface area contributed by atoms with Crippen LogP contribution in [0, 0.1) is 0 Å². The molecule has 1 aromatic carbocycles. The van der Waals surface area contributed by atoms with Gasteiger partial charge in [0.25, 0.3) is 5.91 Å². The van der Waals surface area contributed by atoms with Gasteiger partial charge < -0.3 is 9.88 Å². The van der Waals surface area contributed by atoms with Crippen molar-refractivity contribution < 1.29 is 4.79 Å². The summed E-state index contributed by atoms with van der Waals surface area (Å²) in [6.07, 6.45) is 1.05. The van der Waals surface area contributed by atoms with Crippen molar-refractivity contribution in [1.82, 2.24) is 14.8 Å².